The number of likely N-dealkylation sites (tertiary alicyclic amines) is 1. The van der Waals surface area contributed by atoms with Crippen LogP contribution in [0.5, 0.6) is 5.75 Å². The summed E-state index contributed by atoms with van der Waals surface area (Å²) in [6.45, 7) is 5.03. The average molecular weight is 390 g/mol. The molecule has 0 aromatic heterocycles. The molecular weight excluding hydrogens is 360 g/mol. The van der Waals surface area contributed by atoms with Gasteiger partial charge in [0.25, 0.3) is 0 Å². The highest BCUT2D eigenvalue weighted by molar-refractivity contribution is 5.88. The van der Waals surface area contributed by atoms with Crippen molar-refractivity contribution in [3.63, 3.8) is 0 Å². The van der Waals surface area contributed by atoms with Gasteiger partial charge in [0.1, 0.15) is 11.8 Å². The van der Waals surface area contributed by atoms with Gasteiger partial charge in [-0.3, -0.25) is 14.4 Å². The largest absolute Gasteiger partial charge is 0.494 e. The molecule has 1 heterocycles. The summed E-state index contributed by atoms with van der Waals surface area (Å²) in [6.07, 6.45) is 2.90. The number of aliphatic carboxylic acids is 1. The van der Waals surface area contributed by atoms with Crippen molar-refractivity contribution < 1.29 is 24.2 Å². The summed E-state index contributed by atoms with van der Waals surface area (Å²) in [7, 11) is 0. The van der Waals surface area contributed by atoms with Gasteiger partial charge in [-0.1, -0.05) is 19.1 Å². The molecule has 2 rings (SSSR count). The Balaban J connectivity index is 1.92. The Morgan fingerprint density at radius 3 is 2.57 bits per heavy atom. The van der Waals surface area contributed by atoms with Crippen LogP contribution in [0.25, 0.3) is 0 Å². The van der Waals surface area contributed by atoms with Gasteiger partial charge in [0.15, 0.2) is 0 Å². The normalized spacial score (nSPS) is 17.2. The van der Waals surface area contributed by atoms with Crippen LogP contribution in [0.15, 0.2) is 24.3 Å². The standard InChI is InChI=1S/C21H30N2O5/c1-3-6-19(24)23-12-5-7-18(23)20(25)22-14-16(21(26)27)13-15-8-10-17(11-9-15)28-4-2/h8-11,16,18H,3-7,12-14H2,1-2H3,(H,22,25)(H,26,27). The summed E-state index contributed by atoms with van der Waals surface area (Å²) in [5.41, 5.74) is 0.866. The second-order valence-electron chi connectivity index (χ2n) is 7.06. The Morgan fingerprint density at radius 2 is 1.96 bits per heavy atom. The first-order valence-corrected chi connectivity index (χ1v) is 9.98. The van der Waals surface area contributed by atoms with E-state index in [9.17, 15) is 19.5 Å². The molecular formula is C21H30N2O5. The van der Waals surface area contributed by atoms with Crippen molar-refractivity contribution in [1.82, 2.24) is 10.2 Å². The molecule has 2 amide bonds. The number of carboxylic acid groups (broad SMARTS) is 1. The maximum atomic E-state index is 12.5. The monoisotopic (exact) mass is 390 g/mol. The van der Waals surface area contributed by atoms with E-state index in [1.54, 1.807) is 4.90 Å². The van der Waals surface area contributed by atoms with Gasteiger partial charge in [-0.25, -0.2) is 0 Å². The molecule has 2 N–H and O–H groups in total. The van der Waals surface area contributed by atoms with Crippen LogP contribution in [0.4, 0.5) is 0 Å². The van der Waals surface area contributed by atoms with Gasteiger partial charge >= 0.3 is 5.97 Å². The lowest BCUT2D eigenvalue weighted by Crippen LogP contribution is -2.47. The molecule has 0 spiro atoms. The molecule has 1 aliphatic rings. The highest BCUT2D eigenvalue weighted by atomic mass is 16.5. The molecule has 28 heavy (non-hydrogen) atoms. The number of amides is 2. The summed E-state index contributed by atoms with van der Waals surface area (Å²) in [5, 5.41) is 12.3. The first-order valence-electron chi connectivity index (χ1n) is 9.98. The number of hydrogen-bond acceptors (Lipinski definition) is 4. The summed E-state index contributed by atoms with van der Waals surface area (Å²) in [4.78, 5) is 38.0. The van der Waals surface area contributed by atoms with E-state index >= 15 is 0 Å². The van der Waals surface area contributed by atoms with Crippen LogP contribution in [0.3, 0.4) is 0 Å². The van der Waals surface area contributed by atoms with Gasteiger partial charge in [-0.05, 0) is 50.3 Å². The zero-order valence-electron chi connectivity index (χ0n) is 16.6. The van der Waals surface area contributed by atoms with E-state index in [0.29, 0.717) is 32.4 Å². The van der Waals surface area contributed by atoms with E-state index in [1.807, 2.05) is 38.1 Å². The van der Waals surface area contributed by atoms with Gasteiger partial charge in [0, 0.05) is 19.5 Å². The third-order valence-electron chi connectivity index (χ3n) is 4.93. The third-order valence-corrected chi connectivity index (χ3v) is 4.93. The Hall–Kier alpha value is -2.57. The van der Waals surface area contributed by atoms with E-state index in [2.05, 4.69) is 5.32 Å². The predicted octanol–water partition coefficient (Wildman–Crippen LogP) is 2.24. The number of carbonyl (C=O) groups excluding carboxylic acids is 2. The number of rotatable bonds is 10. The lowest BCUT2D eigenvalue weighted by molar-refractivity contribution is -0.142. The lowest BCUT2D eigenvalue weighted by Gasteiger charge is -2.24. The quantitative estimate of drug-likeness (QED) is 0.639. The smallest absolute Gasteiger partial charge is 0.308 e. The van der Waals surface area contributed by atoms with Crippen LogP contribution in [-0.4, -0.2) is 53.5 Å². The summed E-state index contributed by atoms with van der Waals surface area (Å²) in [6, 6.07) is 6.81. The molecule has 1 fully saturated rings. The molecule has 2 unspecified atom stereocenters. The predicted molar refractivity (Wildman–Crippen MR) is 105 cm³/mol. The molecule has 1 saturated heterocycles. The molecule has 0 saturated carbocycles. The van der Waals surface area contributed by atoms with Gasteiger partial charge < -0.3 is 20.1 Å². The van der Waals surface area contributed by atoms with Crippen LogP contribution < -0.4 is 10.1 Å². The topological polar surface area (TPSA) is 95.9 Å². The van der Waals surface area contributed by atoms with E-state index in [0.717, 1.165) is 24.2 Å². The van der Waals surface area contributed by atoms with E-state index in [-0.39, 0.29) is 18.4 Å². The Morgan fingerprint density at radius 1 is 1.25 bits per heavy atom. The second kappa shape index (κ2) is 10.7. The summed E-state index contributed by atoms with van der Waals surface area (Å²) in [5.74, 6) is -1.23. The Labute approximate surface area is 166 Å². The van der Waals surface area contributed by atoms with Crippen LogP contribution >= 0.6 is 0 Å². The van der Waals surface area contributed by atoms with Crippen LogP contribution in [0, 0.1) is 5.92 Å². The van der Waals surface area contributed by atoms with Gasteiger partial charge in [0.05, 0.1) is 12.5 Å². The van der Waals surface area contributed by atoms with E-state index in [4.69, 9.17) is 4.74 Å². The molecule has 2 atom stereocenters. The van der Waals surface area contributed by atoms with Crippen LogP contribution in [-0.2, 0) is 20.8 Å². The number of carboxylic acids is 1. The summed E-state index contributed by atoms with van der Waals surface area (Å²) >= 11 is 0. The number of ether oxygens (including phenoxy) is 1. The zero-order valence-corrected chi connectivity index (χ0v) is 16.6. The second-order valence-corrected chi connectivity index (χ2v) is 7.06. The molecule has 1 aliphatic heterocycles. The van der Waals surface area contributed by atoms with Crippen molar-refractivity contribution in [3.8, 4) is 5.75 Å². The van der Waals surface area contributed by atoms with Crippen LogP contribution in [0.2, 0.25) is 0 Å². The fourth-order valence-corrected chi connectivity index (χ4v) is 3.46. The minimum absolute atomic E-state index is 0.00989. The van der Waals surface area contributed by atoms with Crippen LogP contribution in [0.1, 0.15) is 45.1 Å². The van der Waals surface area contributed by atoms with Crippen molar-refractivity contribution >= 4 is 17.8 Å². The maximum absolute atomic E-state index is 12.5. The van der Waals surface area contributed by atoms with Crippen molar-refractivity contribution in [1.29, 1.82) is 0 Å². The summed E-state index contributed by atoms with van der Waals surface area (Å²) < 4.78 is 5.39. The molecule has 1 aromatic rings. The number of nitrogens with one attached hydrogen (secondary N) is 1. The maximum Gasteiger partial charge on any atom is 0.308 e. The van der Waals surface area contributed by atoms with Crippen molar-refractivity contribution in [2.24, 2.45) is 5.92 Å². The fraction of sp³-hybridized carbons (Fsp3) is 0.571. The lowest BCUT2D eigenvalue weighted by atomic mass is 9.99. The van der Waals surface area contributed by atoms with Gasteiger partial charge in [-0.15, -0.1) is 0 Å². The number of carbonyl (C=O) groups is 3. The molecule has 0 bridgehead atoms. The molecule has 7 nitrogen and oxygen atoms in total. The van der Waals surface area contributed by atoms with Crippen molar-refractivity contribution in [3.05, 3.63) is 29.8 Å². The highest BCUT2D eigenvalue weighted by Crippen LogP contribution is 2.19. The van der Waals surface area contributed by atoms with Crippen molar-refractivity contribution in [2.75, 3.05) is 19.7 Å². The SMILES string of the molecule is CCCC(=O)N1CCCC1C(=O)NCC(Cc1ccc(OCC)cc1)C(=O)O. The zero-order chi connectivity index (χ0) is 20.5. The molecule has 154 valence electrons. The number of benzene rings is 1. The minimum Gasteiger partial charge on any atom is -0.494 e. The molecule has 1 aromatic carbocycles. The number of nitrogens with zero attached hydrogens (tertiary/aromatic N) is 1. The highest BCUT2D eigenvalue weighted by Gasteiger charge is 2.34. The number of hydrogen-bond donors (Lipinski definition) is 2. The Bertz CT molecular complexity index is 674. The fourth-order valence-electron chi connectivity index (χ4n) is 3.46. The Kier molecular flexibility index (Phi) is 8.29. The molecule has 0 aliphatic carbocycles. The first-order chi connectivity index (χ1) is 13.5. The minimum atomic E-state index is -0.959. The molecule has 0 radical (unpaired) electrons. The van der Waals surface area contributed by atoms with Gasteiger partial charge in [-0.2, -0.15) is 0 Å². The van der Waals surface area contributed by atoms with E-state index < -0.39 is 17.9 Å². The first kappa shape index (κ1) is 21.7. The molecule has 7 heteroatoms. The van der Waals surface area contributed by atoms with Crippen molar-refractivity contribution in [2.45, 2.75) is 52.0 Å². The van der Waals surface area contributed by atoms with E-state index in [1.165, 1.54) is 0 Å². The third kappa shape index (κ3) is 5.97. The average Bonchev–Trinajstić information content (AvgIpc) is 3.16. The van der Waals surface area contributed by atoms with Gasteiger partial charge in [0.2, 0.25) is 11.8 Å².